The average molecular weight is 195 g/mol. The molecule has 0 saturated heterocycles. The van der Waals surface area contributed by atoms with Gasteiger partial charge in [-0.15, -0.1) is 0 Å². The van der Waals surface area contributed by atoms with Crippen LogP contribution in [0.2, 0.25) is 0 Å². The van der Waals surface area contributed by atoms with E-state index in [2.05, 4.69) is 0 Å². The molecule has 2 N–H and O–H groups in total. The van der Waals surface area contributed by atoms with Crippen LogP contribution >= 0.6 is 0 Å². The van der Waals surface area contributed by atoms with E-state index in [1.165, 1.54) is 0 Å². The molecule has 74 valence electrons. The monoisotopic (exact) mass is 195 g/mol. The molecule has 14 heavy (non-hydrogen) atoms. The van der Waals surface area contributed by atoms with Crippen molar-refractivity contribution in [3.05, 3.63) is 35.4 Å². The average Bonchev–Trinajstić information content (AvgIpc) is 2.03. The van der Waals surface area contributed by atoms with E-state index in [4.69, 9.17) is 5.73 Å². The quantitative estimate of drug-likeness (QED) is 0.729. The first kappa shape index (κ1) is 8.36. The van der Waals surface area contributed by atoms with Gasteiger partial charge in [0.05, 0.1) is 0 Å². The molecule has 3 fully saturated rings. The summed E-state index contributed by atoms with van der Waals surface area (Å²) in [5, 5.41) is 0. The Bertz CT molecular complexity index is 394. The summed E-state index contributed by atoms with van der Waals surface area (Å²) in [5.74, 6) is -1.44. The summed E-state index contributed by atoms with van der Waals surface area (Å²) in [7, 11) is 0. The van der Waals surface area contributed by atoms with Crippen LogP contribution in [0.5, 0.6) is 0 Å². The first-order valence-electron chi connectivity index (χ1n) is 4.78. The Kier molecular flexibility index (Phi) is 1.29. The van der Waals surface area contributed by atoms with Crippen molar-refractivity contribution in [3.8, 4) is 0 Å². The Morgan fingerprint density at radius 1 is 1.14 bits per heavy atom. The van der Waals surface area contributed by atoms with E-state index in [1.54, 1.807) is 12.1 Å². The van der Waals surface area contributed by atoms with E-state index in [9.17, 15) is 8.78 Å². The van der Waals surface area contributed by atoms with Crippen LogP contribution in [-0.2, 0) is 5.41 Å². The highest BCUT2D eigenvalue weighted by molar-refractivity contribution is 5.42. The van der Waals surface area contributed by atoms with Gasteiger partial charge in [-0.2, -0.15) is 0 Å². The number of halogens is 2. The molecular formula is C11H11F2N. The van der Waals surface area contributed by atoms with Crippen LogP contribution in [0.3, 0.4) is 0 Å². The van der Waals surface area contributed by atoms with E-state index in [0.717, 1.165) is 25.3 Å². The maximum absolute atomic E-state index is 13.5. The molecule has 0 atom stereocenters. The van der Waals surface area contributed by atoms with Crippen molar-refractivity contribution < 1.29 is 8.78 Å². The van der Waals surface area contributed by atoms with Gasteiger partial charge in [0.15, 0.2) is 11.6 Å². The third-order valence-electron chi connectivity index (χ3n) is 3.59. The summed E-state index contributed by atoms with van der Waals surface area (Å²) in [6.45, 7) is 0. The standard InChI is InChI=1S/C11H11F2N/c12-8-3-1-2-7(9(8)13)10-4-11(14,5-10)6-10/h1-3H,4-6,14H2. The van der Waals surface area contributed by atoms with Gasteiger partial charge >= 0.3 is 0 Å². The molecule has 3 saturated carbocycles. The van der Waals surface area contributed by atoms with E-state index in [1.807, 2.05) is 0 Å². The zero-order valence-corrected chi connectivity index (χ0v) is 7.69. The van der Waals surface area contributed by atoms with Crippen LogP contribution < -0.4 is 5.73 Å². The van der Waals surface area contributed by atoms with Crippen molar-refractivity contribution in [1.29, 1.82) is 0 Å². The van der Waals surface area contributed by atoms with Crippen LogP contribution in [0.15, 0.2) is 18.2 Å². The molecule has 0 aliphatic heterocycles. The van der Waals surface area contributed by atoms with Crippen LogP contribution in [0, 0.1) is 11.6 Å². The van der Waals surface area contributed by atoms with Crippen LogP contribution in [-0.4, -0.2) is 5.54 Å². The second-order valence-electron chi connectivity index (χ2n) is 4.77. The predicted octanol–water partition coefficient (Wildman–Crippen LogP) is 2.10. The fourth-order valence-corrected chi connectivity index (χ4v) is 3.07. The van der Waals surface area contributed by atoms with Crippen molar-refractivity contribution in [3.63, 3.8) is 0 Å². The molecule has 1 aromatic rings. The third-order valence-corrected chi connectivity index (χ3v) is 3.59. The molecule has 0 unspecified atom stereocenters. The van der Waals surface area contributed by atoms with Gasteiger partial charge in [-0.1, -0.05) is 12.1 Å². The number of nitrogens with two attached hydrogens (primary N) is 1. The fraction of sp³-hybridized carbons (Fsp3) is 0.455. The highest BCUT2D eigenvalue weighted by Crippen LogP contribution is 2.66. The van der Waals surface area contributed by atoms with Gasteiger partial charge in [-0.25, -0.2) is 8.78 Å². The molecule has 0 heterocycles. The Morgan fingerprint density at radius 2 is 1.79 bits per heavy atom. The van der Waals surface area contributed by atoms with Crippen molar-refractivity contribution >= 4 is 0 Å². The summed E-state index contributed by atoms with van der Waals surface area (Å²) in [6.07, 6.45) is 2.42. The van der Waals surface area contributed by atoms with Crippen molar-refractivity contribution in [2.75, 3.05) is 0 Å². The Hall–Kier alpha value is -0.960. The lowest BCUT2D eigenvalue weighted by atomic mass is 9.38. The Labute approximate surface area is 80.9 Å². The molecule has 1 aromatic carbocycles. The molecule has 0 aromatic heterocycles. The smallest absolute Gasteiger partial charge is 0.162 e. The van der Waals surface area contributed by atoms with Crippen LogP contribution in [0.25, 0.3) is 0 Å². The normalized spacial score (nSPS) is 38.8. The minimum absolute atomic E-state index is 0.0707. The van der Waals surface area contributed by atoms with Crippen LogP contribution in [0.4, 0.5) is 8.78 Å². The zero-order valence-electron chi connectivity index (χ0n) is 7.69. The second-order valence-corrected chi connectivity index (χ2v) is 4.77. The molecule has 1 nitrogen and oxygen atoms in total. The maximum atomic E-state index is 13.5. The highest BCUT2D eigenvalue weighted by atomic mass is 19.2. The first-order chi connectivity index (χ1) is 6.55. The zero-order chi connectivity index (χ0) is 9.97. The minimum Gasteiger partial charge on any atom is -0.325 e. The molecule has 0 amide bonds. The summed E-state index contributed by atoms with van der Waals surface area (Å²) >= 11 is 0. The second kappa shape index (κ2) is 2.16. The van der Waals surface area contributed by atoms with Gasteiger partial charge in [0.2, 0.25) is 0 Å². The molecule has 3 aliphatic rings. The third kappa shape index (κ3) is 0.811. The van der Waals surface area contributed by atoms with Gasteiger partial charge in [0.25, 0.3) is 0 Å². The number of hydrogen-bond donors (Lipinski definition) is 1. The molecule has 4 rings (SSSR count). The molecule has 3 heteroatoms. The molecular weight excluding hydrogens is 184 g/mol. The lowest BCUT2D eigenvalue weighted by molar-refractivity contribution is -0.0615. The van der Waals surface area contributed by atoms with Gasteiger partial charge in [0.1, 0.15) is 0 Å². The SMILES string of the molecule is NC12CC(c3cccc(F)c3F)(C1)C2. The summed E-state index contributed by atoms with van der Waals surface area (Å²) < 4.78 is 26.4. The van der Waals surface area contributed by atoms with Gasteiger partial charge in [-0.3, -0.25) is 0 Å². The highest BCUT2D eigenvalue weighted by Gasteiger charge is 2.67. The number of rotatable bonds is 1. The van der Waals surface area contributed by atoms with Crippen molar-refractivity contribution in [2.45, 2.75) is 30.2 Å². The lowest BCUT2D eigenvalue weighted by Gasteiger charge is -2.69. The lowest BCUT2D eigenvalue weighted by Crippen LogP contribution is -2.74. The minimum atomic E-state index is -0.752. The van der Waals surface area contributed by atoms with E-state index < -0.39 is 11.6 Å². The van der Waals surface area contributed by atoms with E-state index in [-0.39, 0.29) is 11.0 Å². The van der Waals surface area contributed by atoms with Gasteiger partial charge in [0, 0.05) is 11.0 Å². The van der Waals surface area contributed by atoms with Crippen molar-refractivity contribution in [2.24, 2.45) is 5.73 Å². The predicted molar refractivity (Wildman–Crippen MR) is 48.8 cm³/mol. The Balaban J connectivity index is 2.02. The fourth-order valence-electron chi connectivity index (χ4n) is 3.07. The maximum Gasteiger partial charge on any atom is 0.162 e. The molecule has 0 radical (unpaired) electrons. The Morgan fingerprint density at radius 3 is 2.36 bits per heavy atom. The van der Waals surface area contributed by atoms with Gasteiger partial charge < -0.3 is 5.73 Å². The number of benzene rings is 1. The summed E-state index contributed by atoms with van der Waals surface area (Å²) in [5.41, 5.74) is 6.19. The molecule has 0 spiro atoms. The summed E-state index contributed by atoms with van der Waals surface area (Å²) in [6, 6.07) is 4.40. The molecule has 2 bridgehead atoms. The first-order valence-corrected chi connectivity index (χ1v) is 4.78. The largest absolute Gasteiger partial charge is 0.325 e. The van der Waals surface area contributed by atoms with Crippen molar-refractivity contribution in [1.82, 2.24) is 0 Å². The molecule has 3 aliphatic carbocycles. The summed E-state index contributed by atoms with van der Waals surface area (Å²) in [4.78, 5) is 0. The van der Waals surface area contributed by atoms with E-state index >= 15 is 0 Å². The van der Waals surface area contributed by atoms with Crippen LogP contribution in [0.1, 0.15) is 24.8 Å². The van der Waals surface area contributed by atoms with E-state index in [0.29, 0.717) is 5.56 Å². The number of hydrogen-bond acceptors (Lipinski definition) is 1. The van der Waals surface area contributed by atoms with Gasteiger partial charge in [-0.05, 0) is 30.9 Å². The topological polar surface area (TPSA) is 26.0 Å².